The van der Waals surface area contributed by atoms with E-state index in [1.54, 1.807) is 0 Å². The first-order valence-electron chi connectivity index (χ1n) is 9.57. The summed E-state index contributed by atoms with van der Waals surface area (Å²) in [6.07, 6.45) is 0.775. The van der Waals surface area contributed by atoms with Gasteiger partial charge in [0.2, 0.25) is 0 Å². The number of esters is 1. The van der Waals surface area contributed by atoms with Crippen molar-refractivity contribution in [2.24, 2.45) is 17.8 Å². The molecule has 3 aliphatic carbocycles. The molecule has 0 spiro atoms. The number of carboxylic acids is 1. The molecule has 27 heavy (non-hydrogen) atoms. The molecule has 0 radical (unpaired) electrons. The summed E-state index contributed by atoms with van der Waals surface area (Å²) < 4.78 is 5.55. The topological polar surface area (TPSA) is 63.6 Å². The highest BCUT2D eigenvalue weighted by Gasteiger charge is 2.55. The molecule has 0 aromatic heterocycles. The van der Waals surface area contributed by atoms with Crippen LogP contribution in [0, 0.1) is 17.8 Å². The zero-order valence-corrected chi connectivity index (χ0v) is 15.6. The number of rotatable bonds is 5. The lowest BCUT2D eigenvalue weighted by atomic mass is 9.54. The van der Waals surface area contributed by atoms with E-state index in [0.29, 0.717) is 12.5 Å². The van der Waals surface area contributed by atoms with Crippen molar-refractivity contribution < 1.29 is 19.4 Å². The smallest absolute Gasteiger partial charge is 0.310 e. The van der Waals surface area contributed by atoms with Crippen molar-refractivity contribution in [2.75, 3.05) is 6.61 Å². The molecule has 0 saturated heterocycles. The van der Waals surface area contributed by atoms with Crippen LogP contribution in [0.5, 0.6) is 0 Å². The maximum absolute atomic E-state index is 13.0. The van der Waals surface area contributed by atoms with Crippen molar-refractivity contribution in [3.8, 4) is 0 Å². The van der Waals surface area contributed by atoms with Crippen LogP contribution in [0.25, 0.3) is 0 Å². The molecule has 0 fully saturated rings. The van der Waals surface area contributed by atoms with Crippen molar-refractivity contribution in [1.82, 2.24) is 0 Å². The predicted molar refractivity (Wildman–Crippen MR) is 102 cm³/mol. The molecule has 2 aromatic carbocycles. The lowest BCUT2D eigenvalue weighted by Gasteiger charge is -2.47. The zero-order valence-electron chi connectivity index (χ0n) is 15.6. The fourth-order valence-electron chi connectivity index (χ4n) is 4.75. The van der Waals surface area contributed by atoms with Gasteiger partial charge in [-0.15, -0.1) is 0 Å². The molecule has 3 aliphatic rings. The third kappa shape index (κ3) is 2.84. The Balaban J connectivity index is 1.80. The molecule has 4 nitrogen and oxygen atoms in total. The maximum atomic E-state index is 13.0. The van der Waals surface area contributed by atoms with Gasteiger partial charge in [0.15, 0.2) is 0 Å². The first-order valence-corrected chi connectivity index (χ1v) is 9.57. The van der Waals surface area contributed by atoms with Crippen LogP contribution in [-0.4, -0.2) is 23.7 Å². The van der Waals surface area contributed by atoms with Crippen LogP contribution in [0.1, 0.15) is 54.4 Å². The highest BCUT2D eigenvalue weighted by Crippen LogP contribution is 2.58. The van der Waals surface area contributed by atoms with Crippen LogP contribution in [0.2, 0.25) is 0 Å². The largest absolute Gasteiger partial charge is 0.481 e. The first-order chi connectivity index (χ1) is 13.0. The van der Waals surface area contributed by atoms with Gasteiger partial charge in [-0.3, -0.25) is 9.59 Å². The predicted octanol–water partition coefficient (Wildman–Crippen LogP) is 4.18. The molecule has 5 rings (SSSR count). The summed E-state index contributed by atoms with van der Waals surface area (Å²) in [6, 6.07) is 15.8. The minimum atomic E-state index is -0.931. The van der Waals surface area contributed by atoms with Crippen LogP contribution >= 0.6 is 0 Å². The lowest BCUT2D eigenvalue weighted by Crippen LogP contribution is -2.47. The van der Waals surface area contributed by atoms with E-state index in [1.165, 1.54) is 0 Å². The molecule has 2 bridgehead atoms. The van der Waals surface area contributed by atoms with Crippen LogP contribution in [-0.2, 0) is 14.3 Å². The molecule has 0 saturated carbocycles. The molecule has 0 heterocycles. The monoisotopic (exact) mass is 364 g/mol. The Labute approximate surface area is 159 Å². The summed E-state index contributed by atoms with van der Waals surface area (Å²) in [7, 11) is 0. The fraction of sp³-hybridized carbons (Fsp3) is 0.391. The quantitative estimate of drug-likeness (QED) is 0.808. The van der Waals surface area contributed by atoms with Crippen molar-refractivity contribution in [2.45, 2.75) is 32.1 Å². The van der Waals surface area contributed by atoms with E-state index in [9.17, 15) is 14.7 Å². The molecular weight excluding hydrogens is 340 g/mol. The van der Waals surface area contributed by atoms with Gasteiger partial charge in [-0.2, -0.15) is 0 Å². The molecule has 2 atom stereocenters. The summed E-state index contributed by atoms with van der Waals surface area (Å²) in [5.41, 5.74) is 4.17. The molecule has 0 aliphatic heterocycles. The Kier molecular flexibility index (Phi) is 4.50. The van der Waals surface area contributed by atoms with Crippen molar-refractivity contribution in [3.05, 3.63) is 70.8 Å². The Hall–Kier alpha value is -2.62. The zero-order chi connectivity index (χ0) is 19.1. The number of hydrogen-bond donors (Lipinski definition) is 1. The summed E-state index contributed by atoms with van der Waals surface area (Å²) in [4.78, 5) is 25.3. The van der Waals surface area contributed by atoms with Gasteiger partial charge in [-0.25, -0.2) is 0 Å². The van der Waals surface area contributed by atoms with Gasteiger partial charge in [0.05, 0.1) is 18.4 Å². The van der Waals surface area contributed by atoms with E-state index in [2.05, 4.69) is 13.8 Å². The van der Waals surface area contributed by atoms with Gasteiger partial charge in [-0.05, 0) is 34.6 Å². The summed E-state index contributed by atoms with van der Waals surface area (Å²) in [5.74, 6) is -2.97. The molecule has 0 unspecified atom stereocenters. The maximum Gasteiger partial charge on any atom is 0.310 e. The molecule has 140 valence electrons. The van der Waals surface area contributed by atoms with Gasteiger partial charge < -0.3 is 9.84 Å². The van der Waals surface area contributed by atoms with E-state index in [1.807, 2.05) is 48.5 Å². The van der Waals surface area contributed by atoms with Crippen molar-refractivity contribution in [3.63, 3.8) is 0 Å². The number of carboxylic acid groups (broad SMARTS) is 1. The van der Waals surface area contributed by atoms with Crippen molar-refractivity contribution >= 4 is 11.9 Å². The Morgan fingerprint density at radius 3 is 1.74 bits per heavy atom. The van der Waals surface area contributed by atoms with Crippen LogP contribution in [0.4, 0.5) is 0 Å². The number of fused-ring (bicyclic) bond motifs is 1. The van der Waals surface area contributed by atoms with Gasteiger partial charge in [0.25, 0.3) is 0 Å². The summed E-state index contributed by atoms with van der Waals surface area (Å²) >= 11 is 0. The van der Waals surface area contributed by atoms with Gasteiger partial charge >= 0.3 is 11.9 Å². The average molecular weight is 364 g/mol. The number of ether oxygens (including phenoxy) is 1. The number of benzene rings is 2. The summed E-state index contributed by atoms with van der Waals surface area (Å²) in [5, 5.41) is 10.0. The number of carbonyl (C=O) groups excluding carboxylic acids is 1. The van der Waals surface area contributed by atoms with Gasteiger partial charge in [-0.1, -0.05) is 62.4 Å². The van der Waals surface area contributed by atoms with Gasteiger partial charge in [0.1, 0.15) is 0 Å². The molecule has 4 heteroatoms. The second kappa shape index (κ2) is 6.84. The standard InChI is InChI=1S/C23H24O4/c1-13(2)11-12-27-23(26)21-19-16-9-5-3-7-14(16)18(20(21)22(24)25)15-8-4-6-10-17(15)19/h3-10,13,18-21H,11-12H2,1-2H3,(H,24,25)/t18?,19?,20-,21+/m0/s1. The van der Waals surface area contributed by atoms with Crippen LogP contribution in [0.15, 0.2) is 48.5 Å². The first kappa shape index (κ1) is 17.8. The molecular formula is C23H24O4. The highest BCUT2D eigenvalue weighted by molar-refractivity contribution is 5.87. The minimum Gasteiger partial charge on any atom is -0.481 e. The van der Waals surface area contributed by atoms with E-state index >= 15 is 0 Å². The number of hydrogen-bond acceptors (Lipinski definition) is 3. The molecule has 0 amide bonds. The third-order valence-electron chi connectivity index (χ3n) is 5.93. The lowest BCUT2D eigenvalue weighted by molar-refractivity contribution is -0.160. The minimum absolute atomic E-state index is 0.268. The SMILES string of the molecule is CC(C)CCOC(=O)[C@@H]1C2c3ccccc3C(c3ccccc32)[C@@H]1C(=O)O. The average Bonchev–Trinajstić information content (AvgIpc) is 2.66. The fourth-order valence-corrected chi connectivity index (χ4v) is 4.75. The third-order valence-corrected chi connectivity index (χ3v) is 5.93. The molecule has 2 aromatic rings. The van der Waals surface area contributed by atoms with E-state index in [-0.39, 0.29) is 17.8 Å². The number of carbonyl (C=O) groups is 2. The Morgan fingerprint density at radius 1 is 0.889 bits per heavy atom. The second-order valence-electron chi connectivity index (χ2n) is 7.95. The van der Waals surface area contributed by atoms with E-state index in [4.69, 9.17) is 4.74 Å². The van der Waals surface area contributed by atoms with E-state index < -0.39 is 17.8 Å². The van der Waals surface area contributed by atoms with Crippen LogP contribution < -0.4 is 0 Å². The number of aliphatic carboxylic acids is 1. The highest BCUT2D eigenvalue weighted by atomic mass is 16.5. The van der Waals surface area contributed by atoms with Crippen molar-refractivity contribution in [1.29, 1.82) is 0 Å². The normalized spacial score (nSPS) is 25.0. The van der Waals surface area contributed by atoms with Crippen LogP contribution in [0.3, 0.4) is 0 Å². The Morgan fingerprint density at radius 2 is 1.33 bits per heavy atom. The Bertz CT molecular complexity index is 838. The van der Waals surface area contributed by atoms with E-state index in [0.717, 1.165) is 28.7 Å². The molecule has 1 N–H and O–H groups in total. The summed E-state index contributed by atoms with van der Waals surface area (Å²) in [6.45, 7) is 4.48. The van der Waals surface area contributed by atoms with Gasteiger partial charge in [0, 0.05) is 11.8 Å². The second-order valence-corrected chi connectivity index (χ2v) is 7.95.